The summed E-state index contributed by atoms with van der Waals surface area (Å²) < 4.78 is 5.30. The van der Waals surface area contributed by atoms with E-state index in [0.29, 0.717) is 10.7 Å². The van der Waals surface area contributed by atoms with Gasteiger partial charge in [-0.1, -0.05) is 12.2 Å². The third-order valence-corrected chi connectivity index (χ3v) is 3.09. The normalized spacial score (nSPS) is 16.4. The second kappa shape index (κ2) is 6.63. The standard InChI is InChI=1S/C12H18N4OS/c13-12(18)11-2-1-10(9-15-11)14-3-4-16-5-7-17-8-6-16/h1-2,9,14H,3-8H2,(H2,13,18). The Morgan fingerprint density at radius 3 is 2.83 bits per heavy atom. The summed E-state index contributed by atoms with van der Waals surface area (Å²) in [6, 6.07) is 3.78. The number of morpholine rings is 1. The predicted octanol–water partition coefficient (Wildman–Crippen LogP) is 0.460. The smallest absolute Gasteiger partial charge is 0.122 e. The monoisotopic (exact) mass is 266 g/mol. The zero-order valence-corrected chi connectivity index (χ0v) is 11.1. The van der Waals surface area contributed by atoms with Gasteiger partial charge in [0.25, 0.3) is 0 Å². The van der Waals surface area contributed by atoms with Gasteiger partial charge >= 0.3 is 0 Å². The highest BCUT2D eigenvalue weighted by molar-refractivity contribution is 7.80. The van der Waals surface area contributed by atoms with Crippen molar-refractivity contribution < 1.29 is 4.74 Å². The number of thiocarbonyl (C=S) groups is 1. The second-order valence-electron chi connectivity index (χ2n) is 4.18. The van der Waals surface area contributed by atoms with Crippen molar-refractivity contribution in [2.75, 3.05) is 44.7 Å². The van der Waals surface area contributed by atoms with E-state index in [1.165, 1.54) is 0 Å². The van der Waals surface area contributed by atoms with E-state index in [2.05, 4.69) is 15.2 Å². The zero-order chi connectivity index (χ0) is 12.8. The third-order valence-electron chi connectivity index (χ3n) is 2.88. The molecule has 0 aliphatic carbocycles. The molecular weight excluding hydrogens is 248 g/mol. The molecule has 2 rings (SSSR count). The van der Waals surface area contributed by atoms with Crippen LogP contribution in [0.3, 0.4) is 0 Å². The molecule has 0 atom stereocenters. The number of nitrogens with one attached hydrogen (secondary N) is 1. The average molecular weight is 266 g/mol. The lowest BCUT2D eigenvalue weighted by Crippen LogP contribution is -2.39. The van der Waals surface area contributed by atoms with E-state index in [-0.39, 0.29) is 0 Å². The largest absolute Gasteiger partial charge is 0.388 e. The zero-order valence-electron chi connectivity index (χ0n) is 10.3. The average Bonchev–Trinajstić information content (AvgIpc) is 2.40. The van der Waals surface area contributed by atoms with Crippen LogP contribution in [0.1, 0.15) is 5.69 Å². The van der Waals surface area contributed by atoms with Gasteiger partial charge in [0.1, 0.15) is 4.99 Å². The van der Waals surface area contributed by atoms with Crippen LogP contribution in [0, 0.1) is 0 Å². The van der Waals surface area contributed by atoms with Crippen LogP contribution in [-0.4, -0.2) is 54.3 Å². The Morgan fingerprint density at radius 2 is 2.22 bits per heavy atom. The van der Waals surface area contributed by atoms with Crippen LogP contribution >= 0.6 is 12.2 Å². The summed E-state index contributed by atoms with van der Waals surface area (Å²) in [6.45, 7) is 5.61. The van der Waals surface area contributed by atoms with Crippen molar-refractivity contribution in [2.45, 2.75) is 0 Å². The van der Waals surface area contributed by atoms with E-state index in [9.17, 15) is 0 Å². The van der Waals surface area contributed by atoms with E-state index in [0.717, 1.165) is 45.1 Å². The molecule has 1 aliphatic rings. The van der Waals surface area contributed by atoms with Crippen LogP contribution in [0.5, 0.6) is 0 Å². The van der Waals surface area contributed by atoms with Gasteiger partial charge in [-0.15, -0.1) is 0 Å². The lowest BCUT2D eigenvalue weighted by atomic mass is 10.3. The number of nitrogens with zero attached hydrogens (tertiary/aromatic N) is 2. The third kappa shape index (κ3) is 3.90. The summed E-state index contributed by atoms with van der Waals surface area (Å²) in [6.07, 6.45) is 1.76. The van der Waals surface area contributed by atoms with Gasteiger partial charge in [0.2, 0.25) is 0 Å². The highest BCUT2D eigenvalue weighted by atomic mass is 32.1. The van der Waals surface area contributed by atoms with E-state index in [1.54, 1.807) is 6.20 Å². The first kappa shape index (κ1) is 13.2. The van der Waals surface area contributed by atoms with Crippen molar-refractivity contribution in [3.05, 3.63) is 24.0 Å². The molecule has 98 valence electrons. The Hall–Kier alpha value is -1.24. The molecule has 1 aliphatic heterocycles. The number of anilines is 1. The van der Waals surface area contributed by atoms with Gasteiger partial charge in [0.15, 0.2) is 0 Å². The fourth-order valence-electron chi connectivity index (χ4n) is 1.83. The van der Waals surface area contributed by atoms with Crippen molar-refractivity contribution >= 4 is 22.9 Å². The molecule has 1 aromatic rings. The van der Waals surface area contributed by atoms with Crippen LogP contribution in [0.4, 0.5) is 5.69 Å². The minimum Gasteiger partial charge on any atom is -0.388 e. The summed E-state index contributed by atoms with van der Waals surface area (Å²) in [7, 11) is 0. The summed E-state index contributed by atoms with van der Waals surface area (Å²) >= 11 is 4.85. The Kier molecular flexibility index (Phi) is 4.86. The lowest BCUT2D eigenvalue weighted by molar-refractivity contribution is 0.0398. The topological polar surface area (TPSA) is 63.4 Å². The van der Waals surface area contributed by atoms with Crippen LogP contribution in [0.2, 0.25) is 0 Å². The molecule has 0 bridgehead atoms. The molecule has 1 saturated heterocycles. The first-order chi connectivity index (χ1) is 8.75. The van der Waals surface area contributed by atoms with Gasteiger partial charge < -0.3 is 15.8 Å². The molecule has 18 heavy (non-hydrogen) atoms. The Labute approximate surface area is 112 Å². The van der Waals surface area contributed by atoms with Gasteiger partial charge in [0, 0.05) is 26.2 Å². The van der Waals surface area contributed by atoms with Crippen molar-refractivity contribution in [3.8, 4) is 0 Å². The predicted molar refractivity (Wildman–Crippen MR) is 75.9 cm³/mol. The summed E-state index contributed by atoms with van der Waals surface area (Å²) in [5.41, 5.74) is 7.14. The molecule has 3 N–H and O–H groups in total. The molecule has 0 aromatic carbocycles. The summed E-state index contributed by atoms with van der Waals surface area (Å²) in [4.78, 5) is 6.89. The SMILES string of the molecule is NC(=S)c1ccc(NCCN2CCOCC2)cn1. The second-order valence-corrected chi connectivity index (χ2v) is 4.62. The number of pyridine rings is 1. The summed E-state index contributed by atoms with van der Waals surface area (Å²) in [5, 5.41) is 3.33. The van der Waals surface area contributed by atoms with Crippen molar-refractivity contribution in [3.63, 3.8) is 0 Å². The number of ether oxygens (including phenoxy) is 1. The van der Waals surface area contributed by atoms with Crippen LogP contribution < -0.4 is 11.1 Å². The minimum absolute atomic E-state index is 0.329. The molecule has 6 heteroatoms. The van der Waals surface area contributed by atoms with Crippen molar-refractivity contribution in [1.29, 1.82) is 0 Å². The van der Waals surface area contributed by atoms with Crippen LogP contribution in [-0.2, 0) is 4.74 Å². The van der Waals surface area contributed by atoms with E-state index in [4.69, 9.17) is 22.7 Å². The quantitative estimate of drug-likeness (QED) is 0.755. The molecule has 0 spiro atoms. The number of aromatic nitrogens is 1. The number of nitrogens with two attached hydrogens (primary N) is 1. The minimum atomic E-state index is 0.329. The molecule has 2 heterocycles. The fourth-order valence-corrected chi connectivity index (χ4v) is 1.95. The Bertz CT molecular complexity index is 390. The Balaban J connectivity index is 1.74. The van der Waals surface area contributed by atoms with E-state index in [1.807, 2.05) is 12.1 Å². The van der Waals surface area contributed by atoms with Gasteiger partial charge in [0.05, 0.1) is 30.8 Å². The fraction of sp³-hybridized carbons (Fsp3) is 0.500. The first-order valence-electron chi connectivity index (χ1n) is 6.05. The maximum Gasteiger partial charge on any atom is 0.122 e. The van der Waals surface area contributed by atoms with E-state index >= 15 is 0 Å². The molecule has 0 radical (unpaired) electrons. The van der Waals surface area contributed by atoms with Crippen molar-refractivity contribution in [1.82, 2.24) is 9.88 Å². The van der Waals surface area contributed by atoms with Gasteiger partial charge in [-0.05, 0) is 12.1 Å². The highest BCUT2D eigenvalue weighted by Gasteiger charge is 2.09. The number of hydrogen-bond acceptors (Lipinski definition) is 5. The molecule has 1 aromatic heterocycles. The van der Waals surface area contributed by atoms with Gasteiger partial charge in [-0.3, -0.25) is 9.88 Å². The van der Waals surface area contributed by atoms with Crippen LogP contribution in [0.25, 0.3) is 0 Å². The number of rotatable bonds is 5. The molecule has 0 amide bonds. The molecule has 5 nitrogen and oxygen atoms in total. The van der Waals surface area contributed by atoms with Gasteiger partial charge in [-0.25, -0.2) is 0 Å². The molecule has 0 unspecified atom stereocenters. The molecule has 0 saturated carbocycles. The van der Waals surface area contributed by atoms with Gasteiger partial charge in [-0.2, -0.15) is 0 Å². The first-order valence-corrected chi connectivity index (χ1v) is 6.46. The highest BCUT2D eigenvalue weighted by Crippen LogP contribution is 2.06. The number of hydrogen-bond donors (Lipinski definition) is 2. The van der Waals surface area contributed by atoms with E-state index < -0.39 is 0 Å². The lowest BCUT2D eigenvalue weighted by Gasteiger charge is -2.26. The Morgan fingerprint density at radius 1 is 1.44 bits per heavy atom. The maximum absolute atomic E-state index is 5.49. The summed E-state index contributed by atoms with van der Waals surface area (Å²) in [5.74, 6) is 0. The maximum atomic E-state index is 5.49. The van der Waals surface area contributed by atoms with Crippen molar-refractivity contribution in [2.24, 2.45) is 5.73 Å². The van der Waals surface area contributed by atoms with Crippen LogP contribution in [0.15, 0.2) is 18.3 Å². The molecular formula is C12H18N4OS. The molecule has 1 fully saturated rings.